The smallest absolute Gasteiger partial charge is 0.327 e. The molecule has 0 aliphatic carbocycles. The van der Waals surface area contributed by atoms with Crippen molar-refractivity contribution in [2.24, 2.45) is 0 Å². The van der Waals surface area contributed by atoms with Crippen molar-refractivity contribution < 1.29 is 23.1 Å². The van der Waals surface area contributed by atoms with Gasteiger partial charge < -0.3 is 15.7 Å². The van der Waals surface area contributed by atoms with Crippen LogP contribution in [0.3, 0.4) is 0 Å². The number of carbonyl (C=O) groups excluding carboxylic acids is 1. The van der Waals surface area contributed by atoms with E-state index in [4.69, 9.17) is 11.5 Å². The Balaban J connectivity index is 4.50. The van der Waals surface area contributed by atoms with Crippen LogP contribution in [0.2, 0.25) is 0 Å². The number of aliphatic carboxylic acids is 1. The van der Waals surface area contributed by atoms with E-state index in [9.17, 15) is 18.0 Å². The fourth-order valence-corrected chi connectivity index (χ4v) is 1.29. The molecule has 0 saturated carbocycles. The predicted octanol–water partition coefficient (Wildman–Crippen LogP) is -0.415. The Bertz CT molecular complexity index is 490. The number of urea groups is 1. The Labute approximate surface area is 112 Å². The van der Waals surface area contributed by atoms with Crippen LogP contribution < -0.4 is 10.6 Å². The van der Waals surface area contributed by atoms with E-state index in [1.165, 1.54) is 13.8 Å². The van der Waals surface area contributed by atoms with Gasteiger partial charge in [0, 0.05) is 19.2 Å². The molecule has 0 rings (SSSR count). The standard InChI is InChI=1S/C11H18N2O5S/c1-5-6-8(9(14)15)13-10(16)12-7-11(2,3)19(4,17)18/h1,8H,6-7H2,2-4H3,(H,14,15)(H2,12,13,16). The molecule has 8 heteroatoms. The van der Waals surface area contributed by atoms with Gasteiger partial charge in [-0.2, -0.15) is 0 Å². The second-order valence-electron chi connectivity index (χ2n) is 4.66. The summed E-state index contributed by atoms with van der Waals surface area (Å²) < 4.78 is 21.7. The number of amides is 2. The predicted molar refractivity (Wildman–Crippen MR) is 70.3 cm³/mol. The summed E-state index contributed by atoms with van der Waals surface area (Å²) in [5, 5.41) is 13.2. The van der Waals surface area contributed by atoms with Crippen LogP contribution in [0, 0.1) is 12.3 Å². The lowest BCUT2D eigenvalue weighted by atomic mass is 10.2. The average Bonchev–Trinajstić information content (AvgIpc) is 2.24. The summed E-state index contributed by atoms with van der Waals surface area (Å²) >= 11 is 0. The van der Waals surface area contributed by atoms with Crippen molar-refractivity contribution in [2.75, 3.05) is 12.8 Å². The average molecular weight is 290 g/mol. The Morgan fingerprint density at radius 2 is 1.95 bits per heavy atom. The molecule has 108 valence electrons. The maximum Gasteiger partial charge on any atom is 0.327 e. The van der Waals surface area contributed by atoms with Gasteiger partial charge in [0.25, 0.3) is 0 Å². The van der Waals surface area contributed by atoms with Gasteiger partial charge in [-0.05, 0) is 13.8 Å². The molecule has 0 aromatic heterocycles. The first-order valence-electron chi connectivity index (χ1n) is 5.41. The van der Waals surface area contributed by atoms with E-state index in [0.717, 1.165) is 6.26 Å². The van der Waals surface area contributed by atoms with Crippen LogP contribution in [0.15, 0.2) is 0 Å². The summed E-state index contributed by atoms with van der Waals surface area (Å²) in [4.78, 5) is 22.2. The van der Waals surface area contributed by atoms with Crippen molar-refractivity contribution in [3.63, 3.8) is 0 Å². The molecule has 0 aliphatic rings. The molecule has 0 heterocycles. The van der Waals surface area contributed by atoms with E-state index in [-0.39, 0.29) is 13.0 Å². The number of carboxylic acid groups (broad SMARTS) is 1. The van der Waals surface area contributed by atoms with Gasteiger partial charge in [-0.1, -0.05) is 0 Å². The molecule has 0 fully saturated rings. The monoisotopic (exact) mass is 290 g/mol. The van der Waals surface area contributed by atoms with E-state index in [1.807, 2.05) is 0 Å². The molecule has 3 N–H and O–H groups in total. The highest BCUT2D eigenvalue weighted by Gasteiger charge is 2.31. The van der Waals surface area contributed by atoms with Gasteiger partial charge in [-0.3, -0.25) is 0 Å². The molecule has 1 atom stereocenters. The lowest BCUT2D eigenvalue weighted by Gasteiger charge is -2.23. The van der Waals surface area contributed by atoms with Crippen molar-refractivity contribution in [3.05, 3.63) is 0 Å². The molecule has 0 spiro atoms. The van der Waals surface area contributed by atoms with Crippen LogP contribution in [0.4, 0.5) is 4.79 Å². The minimum atomic E-state index is -3.34. The fraction of sp³-hybridized carbons (Fsp3) is 0.636. The summed E-state index contributed by atoms with van der Waals surface area (Å²) in [5.74, 6) is 0.878. The third-order valence-corrected chi connectivity index (χ3v) is 4.76. The van der Waals surface area contributed by atoms with Crippen molar-refractivity contribution in [2.45, 2.75) is 31.1 Å². The van der Waals surface area contributed by atoms with Gasteiger partial charge in [-0.25, -0.2) is 18.0 Å². The van der Waals surface area contributed by atoms with Crippen molar-refractivity contribution in [1.29, 1.82) is 0 Å². The van der Waals surface area contributed by atoms with Gasteiger partial charge in [0.2, 0.25) is 0 Å². The fourth-order valence-electron chi connectivity index (χ4n) is 0.951. The maximum atomic E-state index is 11.5. The van der Waals surface area contributed by atoms with E-state index in [2.05, 4.69) is 16.6 Å². The second kappa shape index (κ2) is 6.43. The second-order valence-corrected chi connectivity index (χ2v) is 7.31. The normalized spacial score (nSPS) is 13.2. The third-order valence-electron chi connectivity index (χ3n) is 2.60. The largest absolute Gasteiger partial charge is 0.480 e. The van der Waals surface area contributed by atoms with Gasteiger partial charge in [-0.15, -0.1) is 12.3 Å². The Hall–Kier alpha value is -1.75. The van der Waals surface area contributed by atoms with E-state index >= 15 is 0 Å². The summed E-state index contributed by atoms with van der Waals surface area (Å²) in [6.45, 7) is 2.78. The van der Waals surface area contributed by atoms with Gasteiger partial charge in [0.05, 0.1) is 4.75 Å². The number of carboxylic acids is 1. The molecule has 2 amide bonds. The minimum absolute atomic E-state index is 0.139. The maximum absolute atomic E-state index is 11.5. The number of rotatable bonds is 6. The quantitative estimate of drug-likeness (QED) is 0.575. The first-order chi connectivity index (χ1) is 8.51. The number of terminal acetylenes is 1. The summed E-state index contributed by atoms with van der Waals surface area (Å²) in [7, 11) is -3.34. The minimum Gasteiger partial charge on any atom is -0.480 e. The molecule has 1 unspecified atom stereocenters. The number of hydrogen-bond donors (Lipinski definition) is 3. The molecule has 0 aromatic carbocycles. The molecule has 0 aromatic rings. The SMILES string of the molecule is C#CCC(NC(=O)NCC(C)(C)S(C)(=O)=O)C(=O)O. The van der Waals surface area contributed by atoms with Gasteiger partial charge >= 0.3 is 12.0 Å². The highest BCUT2D eigenvalue weighted by molar-refractivity contribution is 7.92. The molecule has 0 bridgehead atoms. The highest BCUT2D eigenvalue weighted by atomic mass is 32.2. The van der Waals surface area contributed by atoms with Crippen molar-refractivity contribution in [1.82, 2.24) is 10.6 Å². The molecule has 0 aliphatic heterocycles. The molecular weight excluding hydrogens is 272 g/mol. The zero-order valence-electron chi connectivity index (χ0n) is 11.1. The third kappa shape index (κ3) is 5.61. The van der Waals surface area contributed by atoms with Crippen LogP contribution in [-0.2, 0) is 14.6 Å². The Morgan fingerprint density at radius 1 is 1.42 bits per heavy atom. The number of sulfone groups is 1. The van der Waals surface area contributed by atoms with E-state index in [0.29, 0.717) is 0 Å². The van der Waals surface area contributed by atoms with E-state index in [1.54, 1.807) is 0 Å². The van der Waals surface area contributed by atoms with Crippen LogP contribution in [0.5, 0.6) is 0 Å². The Kier molecular flexibility index (Phi) is 5.83. The van der Waals surface area contributed by atoms with Crippen molar-refractivity contribution in [3.8, 4) is 12.3 Å². The summed E-state index contributed by atoms with van der Waals surface area (Å²) in [5.41, 5.74) is 0. The topological polar surface area (TPSA) is 113 Å². The first-order valence-corrected chi connectivity index (χ1v) is 7.30. The highest BCUT2D eigenvalue weighted by Crippen LogP contribution is 2.13. The number of carbonyl (C=O) groups is 2. The van der Waals surface area contributed by atoms with Crippen LogP contribution in [0.1, 0.15) is 20.3 Å². The van der Waals surface area contributed by atoms with E-state index < -0.39 is 32.6 Å². The van der Waals surface area contributed by atoms with Crippen LogP contribution in [0.25, 0.3) is 0 Å². The van der Waals surface area contributed by atoms with Crippen LogP contribution in [-0.4, -0.2) is 49.1 Å². The lowest BCUT2D eigenvalue weighted by molar-refractivity contribution is -0.139. The van der Waals surface area contributed by atoms with Crippen molar-refractivity contribution >= 4 is 21.8 Å². The molecule has 0 saturated heterocycles. The summed E-state index contributed by atoms with van der Waals surface area (Å²) in [6, 6.07) is -1.98. The zero-order chi connectivity index (χ0) is 15.3. The molecule has 19 heavy (non-hydrogen) atoms. The zero-order valence-corrected chi connectivity index (χ0v) is 11.9. The molecule has 0 radical (unpaired) electrons. The molecule has 7 nitrogen and oxygen atoms in total. The van der Waals surface area contributed by atoms with Gasteiger partial charge in [0.15, 0.2) is 9.84 Å². The van der Waals surface area contributed by atoms with Crippen LogP contribution >= 0.6 is 0 Å². The Morgan fingerprint density at radius 3 is 2.32 bits per heavy atom. The first kappa shape index (κ1) is 17.2. The summed E-state index contributed by atoms with van der Waals surface area (Å²) in [6.07, 6.45) is 5.88. The lowest BCUT2D eigenvalue weighted by Crippen LogP contribution is -2.50. The number of nitrogens with one attached hydrogen (secondary N) is 2. The van der Waals surface area contributed by atoms with Gasteiger partial charge in [0.1, 0.15) is 6.04 Å². The number of hydrogen-bond acceptors (Lipinski definition) is 4. The molecular formula is C11H18N2O5S.